The van der Waals surface area contributed by atoms with Gasteiger partial charge in [-0.1, -0.05) is 13.8 Å². The summed E-state index contributed by atoms with van der Waals surface area (Å²) in [6, 6.07) is -0.983. The molecule has 0 saturated heterocycles. The van der Waals surface area contributed by atoms with Crippen molar-refractivity contribution in [2.24, 2.45) is 23.1 Å². The molecule has 6 nitrogen and oxygen atoms in total. The van der Waals surface area contributed by atoms with Crippen LogP contribution in [0.3, 0.4) is 0 Å². The van der Waals surface area contributed by atoms with E-state index in [-0.39, 0.29) is 11.7 Å². The SMILES string of the molecule is CC(C)C[C@H](N)C(=O)C(N)CCCNC(=N)N. The number of nitrogens with one attached hydrogen (secondary N) is 2. The molecule has 0 heterocycles. The monoisotopic (exact) mass is 243 g/mol. The van der Waals surface area contributed by atoms with Crippen LogP contribution in [0.5, 0.6) is 0 Å². The second kappa shape index (κ2) is 8.03. The van der Waals surface area contributed by atoms with E-state index in [1.165, 1.54) is 0 Å². The molecule has 0 aromatic heterocycles. The predicted octanol–water partition coefficient (Wildman–Crippen LogP) is -0.481. The molecule has 0 aliphatic rings. The number of hydrogen-bond donors (Lipinski definition) is 5. The van der Waals surface area contributed by atoms with Crippen LogP contribution in [0.25, 0.3) is 0 Å². The van der Waals surface area contributed by atoms with Crippen LogP contribution >= 0.6 is 0 Å². The average molecular weight is 243 g/mol. The molecule has 0 rings (SSSR count). The van der Waals surface area contributed by atoms with Gasteiger partial charge in [-0.2, -0.15) is 0 Å². The molecule has 0 aliphatic carbocycles. The second-order valence-electron chi connectivity index (χ2n) is 4.73. The molecule has 0 amide bonds. The summed E-state index contributed by atoms with van der Waals surface area (Å²) < 4.78 is 0. The van der Waals surface area contributed by atoms with Crippen LogP contribution in [0.1, 0.15) is 33.1 Å². The molecule has 0 saturated carbocycles. The highest BCUT2D eigenvalue weighted by molar-refractivity contribution is 5.88. The lowest BCUT2D eigenvalue weighted by Gasteiger charge is -2.17. The van der Waals surface area contributed by atoms with Gasteiger partial charge < -0.3 is 22.5 Å². The van der Waals surface area contributed by atoms with Crippen molar-refractivity contribution in [1.82, 2.24) is 5.32 Å². The normalized spacial score (nSPS) is 14.4. The van der Waals surface area contributed by atoms with Crippen LogP contribution < -0.4 is 22.5 Å². The Morgan fingerprint density at radius 1 is 1.29 bits per heavy atom. The molecule has 0 bridgehead atoms. The summed E-state index contributed by atoms with van der Waals surface area (Å²) in [4.78, 5) is 11.8. The van der Waals surface area contributed by atoms with Gasteiger partial charge in [0.25, 0.3) is 0 Å². The van der Waals surface area contributed by atoms with Crippen molar-refractivity contribution >= 4 is 11.7 Å². The van der Waals surface area contributed by atoms with Gasteiger partial charge in [0.05, 0.1) is 12.1 Å². The number of nitrogens with two attached hydrogens (primary N) is 3. The first kappa shape index (κ1) is 15.9. The summed E-state index contributed by atoms with van der Waals surface area (Å²) in [6.07, 6.45) is 1.92. The third-order valence-corrected chi connectivity index (χ3v) is 2.46. The van der Waals surface area contributed by atoms with Gasteiger partial charge in [-0.15, -0.1) is 0 Å². The molecule has 0 fully saturated rings. The van der Waals surface area contributed by atoms with Crippen LogP contribution in [0.2, 0.25) is 0 Å². The van der Waals surface area contributed by atoms with Gasteiger partial charge in [-0.25, -0.2) is 0 Å². The minimum atomic E-state index is -0.516. The Balaban J connectivity index is 3.84. The van der Waals surface area contributed by atoms with Crippen molar-refractivity contribution < 1.29 is 4.79 Å². The van der Waals surface area contributed by atoms with Gasteiger partial charge in [-0.3, -0.25) is 10.2 Å². The quantitative estimate of drug-likeness (QED) is 0.223. The molecule has 0 radical (unpaired) electrons. The first-order chi connectivity index (χ1) is 7.84. The van der Waals surface area contributed by atoms with E-state index in [1.807, 2.05) is 13.8 Å². The highest BCUT2D eigenvalue weighted by atomic mass is 16.1. The predicted molar refractivity (Wildman–Crippen MR) is 69.6 cm³/mol. The number of carbonyl (C=O) groups excluding carboxylic acids is 1. The fourth-order valence-electron chi connectivity index (χ4n) is 1.59. The van der Waals surface area contributed by atoms with Gasteiger partial charge in [-0.05, 0) is 25.2 Å². The minimum absolute atomic E-state index is 0.0681. The van der Waals surface area contributed by atoms with Gasteiger partial charge in [0.15, 0.2) is 11.7 Å². The largest absolute Gasteiger partial charge is 0.370 e. The molecule has 1 unspecified atom stereocenters. The number of guanidine groups is 1. The van der Waals surface area contributed by atoms with Crippen LogP contribution in [0.15, 0.2) is 0 Å². The Kier molecular flexibility index (Phi) is 7.49. The lowest BCUT2D eigenvalue weighted by Crippen LogP contribution is -2.44. The topological polar surface area (TPSA) is 131 Å². The lowest BCUT2D eigenvalue weighted by molar-refractivity contribution is -0.122. The maximum atomic E-state index is 11.8. The smallest absolute Gasteiger partial charge is 0.185 e. The average Bonchev–Trinajstić information content (AvgIpc) is 2.21. The Hall–Kier alpha value is -1.14. The molecule has 0 aromatic carbocycles. The van der Waals surface area contributed by atoms with E-state index in [0.717, 1.165) is 0 Å². The summed E-state index contributed by atoms with van der Waals surface area (Å²) >= 11 is 0. The van der Waals surface area contributed by atoms with Crippen LogP contribution in [-0.4, -0.2) is 30.4 Å². The zero-order valence-corrected chi connectivity index (χ0v) is 10.7. The molecular weight excluding hydrogens is 218 g/mol. The number of carbonyl (C=O) groups is 1. The van der Waals surface area contributed by atoms with Crippen LogP contribution in [0, 0.1) is 11.3 Å². The maximum Gasteiger partial charge on any atom is 0.185 e. The highest BCUT2D eigenvalue weighted by Crippen LogP contribution is 2.06. The van der Waals surface area contributed by atoms with Gasteiger partial charge in [0.1, 0.15) is 0 Å². The zero-order chi connectivity index (χ0) is 13.4. The first-order valence-corrected chi connectivity index (χ1v) is 5.97. The van der Waals surface area contributed by atoms with Crippen LogP contribution in [-0.2, 0) is 4.79 Å². The van der Waals surface area contributed by atoms with E-state index in [4.69, 9.17) is 22.6 Å². The van der Waals surface area contributed by atoms with Gasteiger partial charge in [0.2, 0.25) is 0 Å². The molecule has 100 valence electrons. The summed E-state index contributed by atoms with van der Waals surface area (Å²) in [5.41, 5.74) is 16.7. The molecule has 0 spiro atoms. The van der Waals surface area contributed by atoms with E-state index in [2.05, 4.69) is 5.32 Å². The molecule has 0 aliphatic heterocycles. The zero-order valence-electron chi connectivity index (χ0n) is 10.7. The Morgan fingerprint density at radius 2 is 1.88 bits per heavy atom. The molecule has 0 aromatic rings. The summed E-state index contributed by atoms with van der Waals surface area (Å²) in [5.74, 6) is 0.239. The van der Waals surface area contributed by atoms with Crippen molar-refractivity contribution in [2.45, 2.75) is 45.2 Å². The second-order valence-corrected chi connectivity index (χ2v) is 4.73. The highest BCUT2D eigenvalue weighted by Gasteiger charge is 2.21. The summed E-state index contributed by atoms with van der Waals surface area (Å²) in [6.45, 7) is 4.60. The van der Waals surface area contributed by atoms with Crippen molar-refractivity contribution in [2.75, 3.05) is 6.54 Å². The van der Waals surface area contributed by atoms with Crippen LogP contribution in [0.4, 0.5) is 0 Å². The third-order valence-electron chi connectivity index (χ3n) is 2.46. The van der Waals surface area contributed by atoms with Crippen molar-refractivity contribution in [1.29, 1.82) is 5.41 Å². The fourth-order valence-corrected chi connectivity index (χ4v) is 1.59. The third kappa shape index (κ3) is 7.70. The van der Waals surface area contributed by atoms with E-state index in [0.29, 0.717) is 31.7 Å². The van der Waals surface area contributed by atoms with E-state index >= 15 is 0 Å². The van der Waals surface area contributed by atoms with Crippen molar-refractivity contribution in [3.8, 4) is 0 Å². The number of Topliss-reactive ketones (excluding diaryl/α,β-unsaturated/α-hetero) is 1. The van der Waals surface area contributed by atoms with E-state index in [9.17, 15) is 4.79 Å². The fraction of sp³-hybridized carbons (Fsp3) is 0.818. The Labute approximate surface area is 103 Å². The summed E-state index contributed by atoms with van der Waals surface area (Å²) in [7, 11) is 0. The first-order valence-electron chi connectivity index (χ1n) is 5.97. The lowest BCUT2D eigenvalue weighted by atomic mass is 9.95. The maximum absolute atomic E-state index is 11.8. The van der Waals surface area contributed by atoms with Gasteiger partial charge >= 0.3 is 0 Å². The number of ketones is 1. The number of rotatable bonds is 8. The van der Waals surface area contributed by atoms with E-state index < -0.39 is 12.1 Å². The molecular formula is C11H25N5O. The molecule has 6 heteroatoms. The minimum Gasteiger partial charge on any atom is -0.370 e. The number of hydrogen-bond acceptors (Lipinski definition) is 4. The van der Waals surface area contributed by atoms with Crippen molar-refractivity contribution in [3.63, 3.8) is 0 Å². The van der Waals surface area contributed by atoms with E-state index in [1.54, 1.807) is 0 Å². The molecule has 17 heavy (non-hydrogen) atoms. The Bertz CT molecular complexity index is 254. The Morgan fingerprint density at radius 3 is 2.35 bits per heavy atom. The van der Waals surface area contributed by atoms with Gasteiger partial charge in [0, 0.05) is 6.54 Å². The van der Waals surface area contributed by atoms with Crippen molar-refractivity contribution in [3.05, 3.63) is 0 Å². The summed E-state index contributed by atoms with van der Waals surface area (Å²) in [5, 5.41) is 9.62. The molecule has 8 N–H and O–H groups in total. The molecule has 2 atom stereocenters. The standard InChI is InChI=1S/C11H25N5O/c1-7(2)6-9(13)10(17)8(12)4-3-5-16-11(14)15/h7-9H,3-6,12-13H2,1-2H3,(H4,14,15,16)/t8?,9-/m0/s1.